The zero-order chi connectivity index (χ0) is 16.5. The molecular weight excluding hydrogens is 320 g/mol. The van der Waals surface area contributed by atoms with Gasteiger partial charge in [-0.2, -0.15) is 0 Å². The largest absolute Gasteiger partial charge is 0.352 e. The molecule has 24 heavy (non-hydrogen) atoms. The highest BCUT2D eigenvalue weighted by Crippen LogP contribution is 2.11. The molecule has 0 bridgehead atoms. The van der Waals surface area contributed by atoms with Crippen LogP contribution in [0.3, 0.4) is 0 Å². The first-order valence-corrected chi connectivity index (χ1v) is 8.29. The summed E-state index contributed by atoms with van der Waals surface area (Å²) in [6.07, 6.45) is 3.77. The van der Waals surface area contributed by atoms with Gasteiger partial charge in [0.15, 0.2) is 0 Å². The van der Waals surface area contributed by atoms with Gasteiger partial charge in [0.25, 0.3) is 0 Å². The molecule has 0 heterocycles. The minimum absolute atomic E-state index is 0. The van der Waals surface area contributed by atoms with Crippen LogP contribution in [-0.4, -0.2) is 18.0 Å². The molecule has 3 N–H and O–H groups in total. The molecule has 0 saturated heterocycles. The van der Waals surface area contributed by atoms with Crippen LogP contribution < -0.4 is 11.1 Å². The molecule has 4 heteroatoms. The lowest BCUT2D eigenvalue weighted by molar-refractivity contribution is -0.122. The number of amides is 1. The maximum atomic E-state index is 11.9. The van der Waals surface area contributed by atoms with E-state index in [1.54, 1.807) is 6.92 Å². The fraction of sp³-hybridized carbons (Fsp3) is 0.350. The van der Waals surface area contributed by atoms with Gasteiger partial charge in [0.05, 0.1) is 6.04 Å². The highest BCUT2D eigenvalue weighted by Gasteiger charge is 2.15. The average molecular weight is 347 g/mol. The molecule has 130 valence electrons. The summed E-state index contributed by atoms with van der Waals surface area (Å²) in [5, 5.41) is 3.09. The van der Waals surface area contributed by atoms with Crippen molar-refractivity contribution in [1.82, 2.24) is 5.32 Å². The molecule has 2 aromatic carbocycles. The Morgan fingerprint density at radius 3 is 1.71 bits per heavy atom. The lowest BCUT2D eigenvalue weighted by atomic mass is 9.99. The molecule has 1 amide bonds. The van der Waals surface area contributed by atoms with Crippen LogP contribution in [0.25, 0.3) is 0 Å². The number of hydrogen-bond donors (Lipinski definition) is 2. The van der Waals surface area contributed by atoms with Crippen molar-refractivity contribution < 1.29 is 4.79 Å². The highest BCUT2D eigenvalue weighted by molar-refractivity contribution is 5.85. The summed E-state index contributed by atoms with van der Waals surface area (Å²) in [7, 11) is 0. The first-order valence-electron chi connectivity index (χ1n) is 8.29. The molecule has 2 rings (SSSR count). The molecule has 0 aliphatic carbocycles. The van der Waals surface area contributed by atoms with Crippen molar-refractivity contribution in [3.63, 3.8) is 0 Å². The number of nitrogens with two attached hydrogens (primary N) is 1. The van der Waals surface area contributed by atoms with Crippen molar-refractivity contribution in [2.24, 2.45) is 5.73 Å². The van der Waals surface area contributed by atoms with E-state index < -0.39 is 6.04 Å². The van der Waals surface area contributed by atoms with Gasteiger partial charge in [0, 0.05) is 6.04 Å². The van der Waals surface area contributed by atoms with Crippen LogP contribution in [0, 0.1) is 0 Å². The summed E-state index contributed by atoms with van der Waals surface area (Å²) in [5.74, 6) is -0.0730. The fourth-order valence-electron chi connectivity index (χ4n) is 2.59. The van der Waals surface area contributed by atoms with Gasteiger partial charge in [-0.15, -0.1) is 12.4 Å². The number of benzene rings is 2. The van der Waals surface area contributed by atoms with Crippen LogP contribution in [0.1, 0.15) is 30.9 Å². The van der Waals surface area contributed by atoms with Crippen LogP contribution in [0.5, 0.6) is 0 Å². The summed E-state index contributed by atoms with van der Waals surface area (Å²) in [5.41, 5.74) is 8.28. The Labute approximate surface area is 151 Å². The number of hydrogen-bond acceptors (Lipinski definition) is 2. The Morgan fingerprint density at radius 1 is 0.917 bits per heavy atom. The minimum Gasteiger partial charge on any atom is -0.352 e. The molecule has 0 spiro atoms. The van der Waals surface area contributed by atoms with E-state index >= 15 is 0 Å². The molecule has 0 fully saturated rings. The lowest BCUT2D eigenvalue weighted by Gasteiger charge is -2.20. The topological polar surface area (TPSA) is 55.1 Å². The van der Waals surface area contributed by atoms with E-state index in [9.17, 15) is 4.79 Å². The average Bonchev–Trinajstić information content (AvgIpc) is 2.59. The van der Waals surface area contributed by atoms with Crippen molar-refractivity contribution in [2.75, 3.05) is 0 Å². The Morgan fingerprint density at radius 2 is 1.33 bits per heavy atom. The zero-order valence-corrected chi connectivity index (χ0v) is 15.0. The van der Waals surface area contributed by atoms with Crippen molar-refractivity contribution >= 4 is 18.3 Å². The van der Waals surface area contributed by atoms with Gasteiger partial charge < -0.3 is 11.1 Å². The van der Waals surface area contributed by atoms with Gasteiger partial charge in [-0.3, -0.25) is 4.79 Å². The molecule has 0 radical (unpaired) electrons. The summed E-state index contributed by atoms with van der Waals surface area (Å²) in [6.45, 7) is 1.72. The lowest BCUT2D eigenvalue weighted by Crippen LogP contribution is -2.44. The molecule has 3 nitrogen and oxygen atoms in total. The molecule has 0 aromatic heterocycles. The second-order valence-corrected chi connectivity index (χ2v) is 6.04. The molecule has 0 aliphatic rings. The molecule has 2 aromatic rings. The number of aryl methyl sites for hydroxylation is 2. The van der Waals surface area contributed by atoms with Gasteiger partial charge >= 0.3 is 0 Å². The Hall–Kier alpha value is -1.84. The number of carbonyl (C=O) groups excluding carboxylic acids is 1. The van der Waals surface area contributed by atoms with E-state index in [-0.39, 0.29) is 24.4 Å². The standard InChI is InChI=1S/C20H26N2O.ClH/c1-16(21)20(23)22-19(14-12-17-8-4-2-5-9-17)15-13-18-10-6-3-7-11-18;/h2-11,16,19H,12-15,21H2,1H3,(H,22,23);1H/t16-;/m0./s1. The first-order chi connectivity index (χ1) is 11.1. The van der Waals surface area contributed by atoms with E-state index in [1.807, 2.05) is 12.1 Å². The molecule has 0 unspecified atom stereocenters. The van der Waals surface area contributed by atoms with E-state index in [4.69, 9.17) is 5.73 Å². The maximum Gasteiger partial charge on any atom is 0.236 e. The van der Waals surface area contributed by atoms with Crippen LogP contribution in [0.2, 0.25) is 0 Å². The SMILES string of the molecule is C[C@H](N)C(=O)NC(CCc1ccccc1)CCc1ccccc1.Cl. The monoisotopic (exact) mass is 346 g/mol. The van der Waals surface area contributed by atoms with Gasteiger partial charge in [-0.05, 0) is 43.7 Å². The van der Waals surface area contributed by atoms with E-state index in [1.165, 1.54) is 11.1 Å². The third-order valence-electron chi connectivity index (χ3n) is 4.01. The van der Waals surface area contributed by atoms with Gasteiger partial charge in [-0.1, -0.05) is 60.7 Å². The maximum absolute atomic E-state index is 11.9. The number of carbonyl (C=O) groups is 1. The van der Waals surface area contributed by atoms with E-state index in [0.29, 0.717) is 0 Å². The van der Waals surface area contributed by atoms with Crippen LogP contribution in [0.15, 0.2) is 60.7 Å². The number of nitrogens with one attached hydrogen (secondary N) is 1. The Balaban J connectivity index is 0.00000288. The predicted octanol–water partition coefficient (Wildman–Crippen LogP) is 3.51. The summed E-state index contributed by atoms with van der Waals surface area (Å²) < 4.78 is 0. The van der Waals surface area contributed by atoms with Crippen molar-refractivity contribution in [1.29, 1.82) is 0 Å². The fourth-order valence-corrected chi connectivity index (χ4v) is 2.59. The van der Waals surface area contributed by atoms with Crippen LogP contribution in [0.4, 0.5) is 0 Å². The normalized spacial score (nSPS) is 11.6. The third kappa shape index (κ3) is 7.16. The van der Waals surface area contributed by atoms with Gasteiger partial charge in [-0.25, -0.2) is 0 Å². The van der Waals surface area contributed by atoms with Crippen LogP contribution >= 0.6 is 12.4 Å². The van der Waals surface area contributed by atoms with Gasteiger partial charge in [0.1, 0.15) is 0 Å². The second-order valence-electron chi connectivity index (χ2n) is 6.04. The minimum atomic E-state index is -0.467. The summed E-state index contributed by atoms with van der Waals surface area (Å²) >= 11 is 0. The highest BCUT2D eigenvalue weighted by atomic mass is 35.5. The zero-order valence-electron chi connectivity index (χ0n) is 14.2. The Bertz CT molecular complexity index is 544. The van der Waals surface area contributed by atoms with Gasteiger partial charge in [0.2, 0.25) is 5.91 Å². The molecule has 0 saturated carbocycles. The number of halogens is 1. The van der Waals surface area contributed by atoms with Crippen molar-refractivity contribution in [3.8, 4) is 0 Å². The molecule has 0 aliphatic heterocycles. The van der Waals surface area contributed by atoms with Crippen molar-refractivity contribution in [3.05, 3.63) is 71.8 Å². The molecular formula is C20H27ClN2O. The Kier molecular flexibility index (Phi) is 9.13. The first kappa shape index (κ1) is 20.2. The summed E-state index contributed by atoms with van der Waals surface area (Å²) in [4.78, 5) is 11.9. The third-order valence-corrected chi connectivity index (χ3v) is 4.01. The smallest absolute Gasteiger partial charge is 0.236 e. The number of rotatable bonds is 8. The van der Waals surface area contributed by atoms with E-state index in [2.05, 4.69) is 53.8 Å². The quantitative estimate of drug-likeness (QED) is 0.768. The van der Waals surface area contributed by atoms with Crippen LogP contribution in [-0.2, 0) is 17.6 Å². The van der Waals surface area contributed by atoms with E-state index in [0.717, 1.165) is 25.7 Å². The van der Waals surface area contributed by atoms with Crippen molar-refractivity contribution in [2.45, 2.75) is 44.7 Å². The predicted molar refractivity (Wildman–Crippen MR) is 102 cm³/mol. The summed E-state index contributed by atoms with van der Waals surface area (Å²) in [6, 6.07) is 20.4. The second kappa shape index (κ2) is 10.8. The molecule has 1 atom stereocenters.